The lowest BCUT2D eigenvalue weighted by Crippen LogP contribution is -2.17. The molecule has 2 aromatic rings. The molecule has 0 aliphatic carbocycles. The van der Waals surface area contributed by atoms with Gasteiger partial charge in [0.2, 0.25) is 0 Å². The number of rotatable bonds is 5. The summed E-state index contributed by atoms with van der Waals surface area (Å²) in [5.41, 5.74) is 0.397. The molecule has 7 heteroatoms. The van der Waals surface area contributed by atoms with Crippen molar-refractivity contribution < 1.29 is 4.79 Å². The number of benzene rings is 1. The maximum absolute atomic E-state index is 11.6. The number of nitrogens with one attached hydrogen (secondary N) is 1. The smallest absolute Gasteiger partial charge is 0.298 e. The van der Waals surface area contributed by atoms with E-state index in [0.717, 1.165) is 22.1 Å². The predicted octanol–water partition coefficient (Wildman–Crippen LogP) is 2.71. The minimum absolute atomic E-state index is 0.204. The van der Waals surface area contributed by atoms with Crippen molar-refractivity contribution in [1.29, 1.82) is 0 Å². The summed E-state index contributed by atoms with van der Waals surface area (Å²) >= 11 is 4.79. The van der Waals surface area contributed by atoms with Gasteiger partial charge in [0, 0.05) is 21.5 Å². The zero-order valence-corrected chi connectivity index (χ0v) is 12.6. The molecule has 0 spiro atoms. The molecule has 1 heterocycles. The number of aromatic amines is 1. The van der Waals surface area contributed by atoms with Gasteiger partial charge in [-0.3, -0.25) is 9.36 Å². The van der Waals surface area contributed by atoms with Crippen molar-refractivity contribution in [2.24, 2.45) is 0 Å². The van der Waals surface area contributed by atoms with Crippen molar-refractivity contribution in [3.8, 4) is 0 Å². The molecule has 0 aliphatic heterocycles. The Hall–Kier alpha value is -1.34. The molecule has 100 valence electrons. The monoisotopic (exact) mass is 341 g/mol. The number of aldehydes is 1. The minimum Gasteiger partial charge on any atom is -0.298 e. The van der Waals surface area contributed by atoms with E-state index in [9.17, 15) is 9.59 Å². The summed E-state index contributed by atoms with van der Waals surface area (Å²) in [5, 5.41) is 7.08. The summed E-state index contributed by atoms with van der Waals surface area (Å²) < 4.78 is 2.41. The number of hydrogen-bond donors (Lipinski definition) is 1. The minimum atomic E-state index is -0.204. The molecular formula is C12H12BrN3O2S. The molecule has 0 radical (unpaired) electrons. The molecule has 0 amide bonds. The van der Waals surface area contributed by atoms with Crippen LogP contribution in [0.5, 0.6) is 0 Å². The van der Waals surface area contributed by atoms with Crippen molar-refractivity contribution in [2.75, 3.05) is 0 Å². The third kappa shape index (κ3) is 3.16. The van der Waals surface area contributed by atoms with E-state index in [1.54, 1.807) is 16.7 Å². The standard InChI is InChI=1S/C12H12BrN3O2S/c1-2-5-16-11(18)14-15-12(16)19-10-4-3-8(7-17)6-9(10)13/h3-4,6-7H,2,5H2,1H3,(H,14,18). The maximum Gasteiger partial charge on any atom is 0.343 e. The van der Waals surface area contributed by atoms with Crippen molar-refractivity contribution >= 4 is 34.0 Å². The van der Waals surface area contributed by atoms with Gasteiger partial charge in [0.1, 0.15) is 6.29 Å². The SMILES string of the molecule is CCCn1c(Sc2ccc(C=O)cc2Br)n[nH]c1=O. The zero-order valence-electron chi connectivity index (χ0n) is 10.2. The molecule has 0 aliphatic rings. The predicted molar refractivity (Wildman–Crippen MR) is 76.8 cm³/mol. The van der Waals surface area contributed by atoms with Gasteiger partial charge in [-0.05, 0) is 46.2 Å². The fourth-order valence-electron chi connectivity index (χ4n) is 1.57. The molecule has 1 N–H and O–H groups in total. The van der Waals surface area contributed by atoms with Crippen LogP contribution in [0, 0.1) is 0 Å². The molecule has 0 saturated carbocycles. The molecule has 5 nitrogen and oxygen atoms in total. The number of hydrogen-bond acceptors (Lipinski definition) is 4. The number of H-pyrrole nitrogens is 1. The second kappa shape index (κ2) is 6.21. The fraction of sp³-hybridized carbons (Fsp3) is 0.250. The van der Waals surface area contributed by atoms with E-state index < -0.39 is 0 Å². The quantitative estimate of drug-likeness (QED) is 0.849. The molecule has 0 atom stereocenters. The normalized spacial score (nSPS) is 10.6. The van der Waals surface area contributed by atoms with Gasteiger partial charge < -0.3 is 0 Å². The van der Waals surface area contributed by atoms with E-state index in [0.29, 0.717) is 17.3 Å². The first-order valence-corrected chi connectivity index (χ1v) is 7.34. The van der Waals surface area contributed by atoms with Gasteiger partial charge in [-0.1, -0.05) is 13.0 Å². The highest BCUT2D eigenvalue weighted by Gasteiger charge is 2.11. The molecule has 1 aromatic carbocycles. The van der Waals surface area contributed by atoms with Crippen LogP contribution in [0.1, 0.15) is 23.7 Å². The van der Waals surface area contributed by atoms with Crippen LogP contribution in [-0.2, 0) is 6.54 Å². The third-order valence-electron chi connectivity index (χ3n) is 2.46. The Morgan fingerprint density at radius 1 is 1.53 bits per heavy atom. The molecule has 0 saturated heterocycles. The lowest BCUT2D eigenvalue weighted by molar-refractivity contribution is 0.112. The molecular weight excluding hydrogens is 330 g/mol. The maximum atomic E-state index is 11.6. The van der Waals surface area contributed by atoms with Crippen molar-refractivity contribution in [2.45, 2.75) is 29.9 Å². The Kier molecular flexibility index (Phi) is 4.60. The summed E-state index contributed by atoms with van der Waals surface area (Å²) in [6.07, 6.45) is 1.65. The number of nitrogens with zero attached hydrogens (tertiary/aromatic N) is 2. The largest absolute Gasteiger partial charge is 0.343 e. The number of aromatic nitrogens is 3. The van der Waals surface area contributed by atoms with Crippen LogP contribution in [0.4, 0.5) is 0 Å². The fourth-order valence-corrected chi connectivity index (χ4v) is 3.08. The first-order valence-electron chi connectivity index (χ1n) is 5.73. The van der Waals surface area contributed by atoms with E-state index in [-0.39, 0.29) is 5.69 Å². The van der Waals surface area contributed by atoms with Crippen molar-refractivity contribution in [3.63, 3.8) is 0 Å². The van der Waals surface area contributed by atoms with E-state index in [4.69, 9.17) is 0 Å². The Morgan fingerprint density at radius 2 is 2.32 bits per heavy atom. The van der Waals surface area contributed by atoms with Crippen LogP contribution in [0.2, 0.25) is 0 Å². The van der Waals surface area contributed by atoms with Crippen LogP contribution in [-0.4, -0.2) is 21.1 Å². The van der Waals surface area contributed by atoms with Gasteiger partial charge in [-0.2, -0.15) is 0 Å². The van der Waals surface area contributed by atoms with Crippen LogP contribution in [0.3, 0.4) is 0 Å². The molecule has 2 rings (SSSR count). The highest BCUT2D eigenvalue weighted by molar-refractivity contribution is 9.10. The Balaban J connectivity index is 2.31. The van der Waals surface area contributed by atoms with Gasteiger partial charge >= 0.3 is 5.69 Å². The van der Waals surface area contributed by atoms with Crippen LogP contribution >= 0.6 is 27.7 Å². The Morgan fingerprint density at radius 3 is 2.95 bits per heavy atom. The van der Waals surface area contributed by atoms with Gasteiger partial charge in [-0.25, -0.2) is 9.89 Å². The van der Waals surface area contributed by atoms with Crippen molar-refractivity contribution in [3.05, 3.63) is 38.7 Å². The highest BCUT2D eigenvalue weighted by atomic mass is 79.9. The second-order valence-corrected chi connectivity index (χ2v) is 5.74. The number of carbonyl (C=O) groups excluding carboxylic acids is 1. The lowest BCUT2D eigenvalue weighted by atomic mass is 10.2. The average molecular weight is 342 g/mol. The summed E-state index contributed by atoms with van der Waals surface area (Å²) in [6.45, 7) is 2.63. The molecule has 19 heavy (non-hydrogen) atoms. The molecule has 0 unspecified atom stereocenters. The van der Waals surface area contributed by atoms with Crippen molar-refractivity contribution in [1.82, 2.24) is 14.8 Å². The number of carbonyl (C=O) groups is 1. The van der Waals surface area contributed by atoms with Gasteiger partial charge in [0.25, 0.3) is 0 Å². The summed E-state index contributed by atoms with van der Waals surface area (Å²) in [5.74, 6) is 0. The third-order valence-corrected chi connectivity index (χ3v) is 4.45. The zero-order chi connectivity index (χ0) is 13.8. The first kappa shape index (κ1) is 14.1. The summed E-state index contributed by atoms with van der Waals surface area (Å²) in [7, 11) is 0. The van der Waals surface area contributed by atoms with Gasteiger partial charge in [0.05, 0.1) is 0 Å². The van der Waals surface area contributed by atoms with Crippen LogP contribution in [0.15, 0.2) is 37.5 Å². The van der Waals surface area contributed by atoms with E-state index in [1.807, 2.05) is 13.0 Å². The number of halogens is 1. The van der Waals surface area contributed by atoms with E-state index in [1.165, 1.54) is 11.8 Å². The second-order valence-electron chi connectivity index (χ2n) is 3.87. The Bertz CT molecular complexity index is 651. The highest BCUT2D eigenvalue weighted by Crippen LogP contribution is 2.32. The lowest BCUT2D eigenvalue weighted by Gasteiger charge is -2.05. The summed E-state index contributed by atoms with van der Waals surface area (Å²) in [4.78, 5) is 23.2. The topological polar surface area (TPSA) is 67.8 Å². The van der Waals surface area contributed by atoms with Gasteiger partial charge in [0.15, 0.2) is 5.16 Å². The first-order chi connectivity index (χ1) is 9.15. The van der Waals surface area contributed by atoms with E-state index in [2.05, 4.69) is 26.1 Å². The van der Waals surface area contributed by atoms with Crippen LogP contribution in [0.25, 0.3) is 0 Å². The molecule has 1 aromatic heterocycles. The molecule has 0 bridgehead atoms. The van der Waals surface area contributed by atoms with Crippen LogP contribution < -0.4 is 5.69 Å². The van der Waals surface area contributed by atoms with Gasteiger partial charge in [-0.15, -0.1) is 5.10 Å². The van der Waals surface area contributed by atoms with E-state index >= 15 is 0 Å². The average Bonchev–Trinajstić information content (AvgIpc) is 2.74. The summed E-state index contributed by atoms with van der Waals surface area (Å²) in [6, 6.07) is 5.30. The molecule has 0 fully saturated rings. The Labute approximate surface area is 122 Å².